The minimum Gasteiger partial charge on any atom is -0.366 e. The summed E-state index contributed by atoms with van der Waals surface area (Å²) in [6.45, 7) is 12.5. The molecule has 0 amide bonds. The van der Waals surface area contributed by atoms with Crippen LogP contribution in [-0.4, -0.2) is 75.2 Å². The largest absolute Gasteiger partial charge is 0.366 e. The van der Waals surface area contributed by atoms with Crippen molar-refractivity contribution in [2.75, 3.05) is 64.3 Å². The van der Waals surface area contributed by atoms with E-state index in [9.17, 15) is 4.39 Å². The van der Waals surface area contributed by atoms with Crippen LogP contribution in [0.2, 0.25) is 0 Å². The molecule has 0 bridgehead atoms. The molecular formula is C22H36FN5. The van der Waals surface area contributed by atoms with Gasteiger partial charge in [0.15, 0.2) is 5.96 Å². The molecule has 0 spiro atoms. The Balaban J connectivity index is 1.47. The van der Waals surface area contributed by atoms with Crippen molar-refractivity contribution in [3.63, 3.8) is 0 Å². The van der Waals surface area contributed by atoms with Gasteiger partial charge in [-0.1, -0.05) is 26.0 Å². The maximum absolute atomic E-state index is 14.0. The van der Waals surface area contributed by atoms with E-state index in [2.05, 4.69) is 38.9 Å². The van der Waals surface area contributed by atoms with Gasteiger partial charge in [0.05, 0.1) is 5.69 Å². The van der Waals surface area contributed by atoms with Crippen LogP contribution < -0.4 is 10.2 Å². The lowest BCUT2D eigenvalue weighted by molar-refractivity contribution is 0.159. The van der Waals surface area contributed by atoms with Crippen molar-refractivity contribution in [2.24, 2.45) is 16.8 Å². The van der Waals surface area contributed by atoms with E-state index in [4.69, 9.17) is 0 Å². The third kappa shape index (κ3) is 5.60. The minimum atomic E-state index is -0.137. The zero-order valence-electron chi connectivity index (χ0n) is 17.7. The van der Waals surface area contributed by atoms with E-state index in [0.717, 1.165) is 44.6 Å². The average molecular weight is 390 g/mol. The molecular weight excluding hydrogens is 353 g/mol. The number of aliphatic imine (C=N–C) groups is 1. The number of piperazine rings is 1. The van der Waals surface area contributed by atoms with E-state index >= 15 is 0 Å². The summed E-state index contributed by atoms with van der Waals surface area (Å²) in [6, 6.07) is 7.05. The second-order valence-electron chi connectivity index (χ2n) is 8.52. The molecule has 0 aromatic heterocycles. The van der Waals surface area contributed by atoms with Crippen LogP contribution in [0.3, 0.4) is 0 Å². The number of rotatable bonds is 5. The Morgan fingerprint density at radius 2 is 1.93 bits per heavy atom. The van der Waals surface area contributed by atoms with Crippen molar-refractivity contribution in [3.8, 4) is 0 Å². The van der Waals surface area contributed by atoms with Gasteiger partial charge in [0, 0.05) is 52.9 Å². The van der Waals surface area contributed by atoms with E-state index < -0.39 is 0 Å². The Bertz CT molecular complexity index is 640. The fraction of sp³-hybridized carbons (Fsp3) is 0.682. The number of hydrogen-bond donors (Lipinski definition) is 1. The summed E-state index contributed by atoms with van der Waals surface area (Å²) in [5.41, 5.74) is 0.706. The number of nitrogens with one attached hydrogen (secondary N) is 1. The van der Waals surface area contributed by atoms with E-state index in [1.165, 1.54) is 38.5 Å². The van der Waals surface area contributed by atoms with Crippen molar-refractivity contribution < 1.29 is 4.39 Å². The second kappa shape index (κ2) is 10.1. The predicted molar refractivity (Wildman–Crippen MR) is 116 cm³/mol. The summed E-state index contributed by atoms with van der Waals surface area (Å²) in [4.78, 5) is 11.5. The van der Waals surface area contributed by atoms with Crippen LogP contribution in [0.15, 0.2) is 29.3 Å². The molecule has 2 heterocycles. The highest BCUT2D eigenvalue weighted by molar-refractivity contribution is 5.80. The SMILES string of the molecule is CN=C(NCC1CCCN(CC(C)C)C1)N1CCN(c2ccccc2F)CC1. The van der Waals surface area contributed by atoms with Gasteiger partial charge >= 0.3 is 0 Å². The van der Waals surface area contributed by atoms with Crippen molar-refractivity contribution >= 4 is 11.6 Å². The lowest BCUT2D eigenvalue weighted by atomic mass is 9.97. The van der Waals surface area contributed by atoms with Gasteiger partial charge in [-0.15, -0.1) is 0 Å². The number of likely N-dealkylation sites (tertiary alicyclic amines) is 1. The van der Waals surface area contributed by atoms with Gasteiger partial charge in [-0.2, -0.15) is 0 Å². The van der Waals surface area contributed by atoms with E-state index in [1.807, 2.05) is 19.2 Å². The fourth-order valence-electron chi connectivity index (χ4n) is 4.44. The Morgan fingerprint density at radius 1 is 1.18 bits per heavy atom. The molecule has 1 aromatic rings. The summed E-state index contributed by atoms with van der Waals surface area (Å²) in [5, 5.41) is 3.61. The molecule has 0 radical (unpaired) electrons. The molecule has 2 aliphatic heterocycles. The standard InChI is InChI=1S/C22H36FN5/c1-18(2)16-26-10-6-7-19(17-26)15-25-22(24-3)28-13-11-27(12-14-28)21-9-5-4-8-20(21)23/h4-5,8-9,18-19H,6-7,10-17H2,1-3H3,(H,24,25). The molecule has 2 fully saturated rings. The molecule has 1 aromatic carbocycles. The number of benzene rings is 1. The first-order valence-electron chi connectivity index (χ1n) is 10.7. The van der Waals surface area contributed by atoms with Crippen LogP contribution in [0, 0.1) is 17.7 Å². The molecule has 156 valence electrons. The molecule has 5 nitrogen and oxygen atoms in total. The van der Waals surface area contributed by atoms with Gasteiger partial charge in [-0.25, -0.2) is 4.39 Å². The van der Waals surface area contributed by atoms with Gasteiger partial charge in [0.2, 0.25) is 0 Å². The van der Waals surface area contributed by atoms with Crippen LogP contribution in [-0.2, 0) is 0 Å². The van der Waals surface area contributed by atoms with Gasteiger partial charge < -0.3 is 20.0 Å². The van der Waals surface area contributed by atoms with Crippen LogP contribution in [0.25, 0.3) is 0 Å². The topological polar surface area (TPSA) is 34.1 Å². The van der Waals surface area contributed by atoms with Crippen LogP contribution in [0.1, 0.15) is 26.7 Å². The predicted octanol–water partition coefficient (Wildman–Crippen LogP) is 2.89. The van der Waals surface area contributed by atoms with Gasteiger partial charge in [-0.05, 0) is 43.4 Å². The number of para-hydroxylation sites is 1. The normalized spacial score (nSPS) is 22.0. The summed E-state index contributed by atoms with van der Waals surface area (Å²) in [7, 11) is 1.86. The van der Waals surface area contributed by atoms with Crippen LogP contribution >= 0.6 is 0 Å². The second-order valence-corrected chi connectivity index (χ2v) is 8.52. The summed E-state index contributed by atoms with van der Waals surface area (Å²) >= 11 is 0. The van der Waals surface area contributed by atoms with Gasteiger partial charge in [0.25, 0.3) is 0 Å². The van der Waals surface area contributed by atoms with Crippen LogP contribution in [0.5, 0.6) is 0 Å². The first-order valence-corrected chi connectivity index (χ1v) is 10.7. The van der Waals surface area contributed by atoms with Crippen molar-refractivity contribution in [1.82, 2.24) is 15.1 Å². The molecule has 1 N–H and O–H groups in total. The third-order valence-electron chi connectivity index (χ3n) is 5.76. The highest BCUT2D eigenvalue weighted by atomic mass is 19.1. The van der Waals surface area contributed by atoms with E-state index in [1.54, 1.807) is 6.07 Å². The van der Waals surface area contributed by atoms with Gasteiger partial charge in [0.1, 0.15) is 5.82 Å². The van der Waals surface area contributed by atoms with Crippen molar-refractivity contribution in [3.05, 3.63) is 30.1 Å². The summed E-state index contributed by atoms with van der Waals surface area (Å²) in [5.74, 6) is 2.25. The Hall–Kier alpha value is -1.82. The number of guanidine groups is 1. The Labute approximate surface area is 169 Å². The van der Waals surface area contributed by atoms with Crippen molar-refractivity contribution in [1.29, 1.82) is 0 Å². The summed E-state index contributed by atoms with van der Waals surface area (Å²) < 4.78 is 14.0. The number of halogens is 1. The quantitative estimate of drug-likeness (QED) is 0.620. The highest BCUT2D eigenvalue weighted by Crippen LogP contribution is 2.20. The Kier molecular flexibility index (Phi) is 7.54. The number of anilines is 1. The molecule has 0 saturated carbocycles. The average Bonchev–Trinajstić information content (AvgIpc) is 2.69. The third-order valence-corrected chi connectivity index (χ3v) is 5.76. The zero-order chi connectivity index (χ0) is 19.9. The smallest absolute Gasteiger partial charge is 0.193 e. The number of hydrogen-bond acceptors (Lipinski definition) is 3. The van der Waals surface area contributed by atoms with Crippen LogP contribution in [0.4, 0.5) is 10.1 Å². The molecule has 6 heteroatoms. The van der Waals surface area contributed by atoms with Gasteiger partial charge in [-0.3, -0.25) is 4.99 Å². The first kappa shape index (κ1) is 20.9. The molecule has 0 aliphatic carbocycles. The maximum atomic E-state index is 14.0. The van der Waals surface area contributed by atoms with Crippen molar-refractivity contribution in [2.45, 2.75) is 26.7 Å². The lowest BCUT2D eigenvalue weighted by Gasteiger charge is -2.38. The zero-order valence-corrected chi connectivity index (χ0v) is 17.7. The molecule has 3 rings (SSSR count). The summed E-state index contributed by atoms with van der Waals surface area (Å²) in [6.07, 6.45) is 2.58. The highest BCUT2D eigenvalue weighted by Gasteiger charge is 2.24. The Morgan fingerprint density at radius 3 is 2.61 bits per heavy atom. The maximum Gasteiger partial charge on any atom is 0.193 e. The molecule has 2 saturated heterocycles. The monoisotopic (exact) mass is 389 g/mol. The number of nitrogens with zero attached hydrogens (tertiary/aromatic N) is 4. The molecule has 2 aliphatic rings. The van der Waals surface area contributed by atoms with E-state index in [0.29, 0.717) is 11.6 Å². The lowest BCUT2D eigenvalue weighted by Crippen LogP contribution is -2.53. The first-order chi connectivity index (χ1) is 13.6. The number of piperidine rings is 1. The molecule has 28 heavy (non-hydrogen) atoms. The fourth-order valence-corrected chi connectivity index (χ4v) is 4.44. The van der Waals surface area contributed by atoms with E-state index in [-0.39, 0.29) is 5.82 Å². The molecule has 1 atom stereocenters. The molecule has 1 unspecified atom stereocenters. The minimum absolute atomic E-state index is 0.137.